The van der Waals surface area contributed by atoms with Crippen molar-refractivity contribution in [3.8, 4) is 56.6 Å². The molecule has 0 saturated heterocycles. The van der Waals surface area contributed by atoms with Crippen LogP contribution >= 0.6 is 0 Å². The van der Waals surface area contributed by atoms with Crippen molar-refractivity contribution in [1.29, 1.82) is 0 Å². The van der Waals surface area contributed by atoms with Crippen molar-refractivity contribution in [2.24, 2.45) is 5.41 Å². The van der Waals surface area contributed by atoms with Crippen molar-refractivity contribution in [2.45, 2.75) is 152 Å². The molecule has 84 heavy (non-hydrogen) atoms. The molecule has 0 saturated carbocycles. The molecule has 0 radical (unpaired) electrons. The van der Waals surface area contributed by atoms with Crippen LogP contribution in [0.1, 0.15) is 144 Å². The number of benzene rings is 8. The Bertz CT molecular complexity index is 3860. The van der Waals surface area contributed by atoms with Crippen molar-refractivity contribution >= 4 is 43.6 Å². The van der Waals surface area contributed by atoms with Crippen molar-refractivity contribution in [2.75, 3.05) is 13.2 Å². The van der Waals surface area contributed by atoms with Gasteiger partial charge in [0, 0.05) is 58.7 Å². The third kappa shape index (κ3) is 10.6. The maximum atomic E-state index is 16.4. The molecule has 0 N–H and O–H groups in total. The Hall–Kier alpha value is -7.58. The highest BCUT2D eigenvalue weighted by molar-refractivity contribution is 6.11. The molecule has 1 aliphatic heterocycles. The lowest BCUT2D eigenvalue weighted by molar-refractivity contribution is -0.0870. The number of rotatable bonds is 2. The predicted molar refractivity (Wildman–Crippen MR) is 347 cm³/mol. The molecule has 10 aromatic rings. The van der Waals surface area contributed by atoms with Crippen LogP contribution in [0.2, 0.25) is 0 Å². The normalized spacial score (nSPS) is 15.3. The smallest absolute Gasteiger partial charge is 0.246 e. The topological polar surface area (TPSA) is 33.7 Å². The van der Waals surface area contributed by atoms with E-state index in [-0.39, 0.29) is 21.7 Å². The SMILES string of the molecule is [CH2-][O+]1CC(C)(C)C[O+]([CH2-])c2ccc(F)cc2-c2cc(C)cc(-n3c4ccc(C(C)(C)C)cc4c4cc(C(C)(C)C)ccc43)c2OC(C)(C)Oc2c(cc(C)cc2-n2c3ccc(C(C)(C)C)cc3c3cc(C(C)(C)C)ccc32)-c2cc(F)ccc21. The summed E-state index contributed by atoms with van der Waals surface area (Å²) in [5, 5.41) is 4.46. The van der Waals surface area contributed by atoms with Crippen LogP contribution in [0.3, 0.4) is 0 Å². The van der Waals surface area contributed by atoms with Crippen LogP contribution < -0.4 is 9.47 Å². The van der Waals surface area contributed by atoms with Gasteiger partial charge in [0.2, 0.25) is 17.3 Å². The molecular weight excluding hydrogens is 1040 g/mol. The first kappa shape index (κ1) is 58.2. The summed E-state index contributed by atoms with van der Waals surface area (Å²) in [6, 6.07) is 45.3. The van der Waals surface area contributed by atoms with Gasteiger partial charge in [-0.1, -0.05) is 107 Å². The van der Waals surface area contributed by atoms with Gasteiger partial charge in [-0.15, -0.1) is 0 Å². The molecule has 8 aromatic carbocycles. The van der Waals surface area contributed by atoms with E-state index in [0.29, 0.717) is 58.5 Å². The molecule has 8 heteroatoms. The summed E-state index contributed by atoms with van der Waals surface area (Å²) in [7, 11) is 9.18. The first-order valence-corrected chi connectivity index (χ1v) is 29.5. The van der Waals surface area contributed by atoms with Gasteiger partial charge in [0.05, 0.1) is 44.6 Å². The average molecular weight is 1130 g/mol. The molecular formula is C76H84F2N2O4. The minimum atomic E-state index is -1.51. The quantitative estimate of drug-likeness (QED) is 0.128. The molecule has 3 heterocycles. The third-order valence-electron chi connectivity index (χ3n) is 16.8. The van der Waals surface area contributed by atoms with Gasteiger partial charge in [0.15, 0.2) is 24.7 Å². The minimum absolute atomic E-state index is 0.120. The van der Waals surface area contributed by atoms with Crippen LogP contribution in [-0.4, -0.2) is 28.1 Å². The van der Waals surface area contributed by atoms with Gasteiger partial charge in [0.1, 0.15) is 17.0 Å². The van der Waals surface area contributed by atoms with Crippen LogP contribution in [-0.2, 0) is 30.4 Å². The van der Waals surface area contributed by atoms with Crippen molar-refractivity contribution in [3.05, 3.63) is 193 Å². The number of ether oxygens (including phenoxy) is 2. The summed E-state index contributed by atoms with van der Waals surface area (Å²) in [4.78, 5) is 0. The van der Waals surface area contributed by atoms with Gasteiger partial charge in [-0.05, 0) is 194 Å². The predicted octanol–water partition coefficient (Wildman–Crippen LogP) is 21.6. The highest BCUT2D eigenvalue weighted by Crippen LogP contribution is 2.52. The number of aromatic nitrogens is 2. The molecule has 0 unspecified atom stereocenters. The lowest BCUT2D eigenvalue weighted by Gasteiger charge is -2.40. The number of hydrogen-bond donors (Lipinski definition) is 0. The van der Waals surface area contributed by atoms with Crippen LogP contribution in [0, 0.1) is 45.1 Å². The first-order chi connectivity index (χ1) is 39.1. The fourth-order valence-corrected chi connectivity index (χ4v) is 12.5. The number of aryl methyl sites for hydroxylation is 2. The Kier molecular flexibility index (Phi) is 13.9. The standard InChI is InChI=1S/C76H84F2N2O4/c1-45-33-59-57-41-51(77)25-31-67(57)83(19)43-75(15,16)44-84(20)68-32-26-52(78)42-58(68)60-34-46(2)36-66(80-63-29-23-49(73(9,10)11)39-55(63)56-40-50(74(12,13)14)24-30-64(56)80)70(60)82-76(17,18)81-69(59)65(35-45)79-61-27-21-47(71(3,4)5)37-53(61)54-38-48(72(6,7)8)22-28-62(54)79/h21-42H,19-20,43-44H2,1-18H3. The Morgan fingerprint density at radius 1 is 0.405 bits per heavy atom. The van der Waals surface area contributed by atoms with E-state index in [9.17, 15) is 0 Å². The summed E-state index contributed by atoms with van der Waals surface area (Å²) in [5.41, 5.74) is 13.6. The van der Waals surface area contributed by atoms with Gasteiger partial charge in [-0.25, -0.2) is 8.78 Å². The van der Waals surface area contributed by atoms with E-state index in [1.807, 2.05) is 13.8 Å². The van der Waals surface area contributed by atoms with Crippen LogP contribution in [0.25, 0.3) is 77.2 Å². The largest absolute Gasteiger partial charge is 0.711 e. The maximum absolute atomic E-state index is 16.4. The van der Waals surface area contributed by atoms with E-state index in [2.05, 4.69) is 240 Å². The first-order valence-electron chi connectivity index (χ1n) is 29.5. The van der Waals surface area contributed by atoms with Crippen molar-refractivity contribution in [3.63, 3.8) is 0 Å². The Balaban J connectivity index is 1.26. The molecule has 6 nitrogen and oxygen atoms in total. The van der Waals surface area contributed by atoms with Gasteiger partial charge in [-0.3, -0.25) is 0 Å². The number of halogens is 2. The number of nitrogens with zero attached hydrogens (tertiary/aromatic N) is 2. The van der Waals surface area contributed by atoms with Crippen molar-refractivity contribution in [1.82, 2.24) is 9.13 Å². The van der Waals surface area contributed by atoms with Crippen LogP contribution in [0.15, 0.2) is 133 Å². The molecule has 0 aliphatic carbocycles. The minimum Gasteiger partial charge on any atom is -0.711 e. The number of fused-ring (bicyclic) bond motifs is 12. The zero-order valence-corrected chi connectivity index (χ0v) is 52.8. The molecule has 11 rings (SSSR count). The summed E-state index contributed by atoms with van der Waals surface area (Å²) >= 11 is 0. The zero-order valence-electron chi connectivity index (χ0n) is 52.8. The molecule has 0 bridgehead atoms. The van der Waals surface area contributed by atoms with Crippen LogP contribution in [0.5, 0.6) is 23.0 Å². The second kappa shape index (κ2) is 20.0. The maximum Gasteiger partial charge on any atom is 0.246 e. The second-order valence-corrected chi connectivity index (χ2v) is 29.2. The summed E-state index contributed by atoms with van der Waals surface area (Å²) < 4.78 is 59.0. The average Bonchev–Trinajstić information content (AvgIpc) is 1.65. The summed E-state index contributed by atoms with van der Waals surface area (Å²) in [6.07, 6.45) is 0. The Labute approximate surface area is 497 Å². The summed E-state index contributed by atoms with van der Waals surface area (Å²) in [5.74, 6) is -0.125. The fraction of sp³-hybridized carbons (Fsp3) is 0.342. The lowest BCUT2D eigenvalue weighted by Crippen LogP contribution is -2.36. The van der Waals surface area contributed by atoms with Gasteiger partial charge >= 0.3 is 0 Å². The van der Waals surface area contributed by atoms with E-state index in [0.717, 1.165) is 66.1 Å². The molecule has 436 valence electrons. The molecule has 2 aromatic heterocycles. The highest BCUT2D eigenvalue weighted by Gasteiger charge is 2.37. The van der Waals surface area contributed by atoms with E-state index in [4.69, 9.17) is 9.47 Å². The molecule has 0 fully saturated rings. The summed E-state index contributed by atoms with van der Waals surface area (Å²) in [6.45, 7) is 40.0. The third-order valence-corrected chi connectivity index (χ3v) is 16.8. The van der Waals surface area contributed by atoms with E-state index in [1.54, 1.807) is 24.3 Å². The Morgan fingerprint density at radius 2 is 0.702 bits per heavy atom. The monoisotopic (exact) mass is 1130 g/mol. The molecule has 1 aliphatic rings. The van der Waals surface area contributed by atoms with E-state index in [1.165, 1.54) is 34.4 Å². The Morgan fingerprint density at radius 3 is 0.988 bits per heavy atom. The van der Waals surface area contributed by atoms with Gasteiger partial charge < -0.3 is 27.3 Å². The number of hydrogen-bond acceptors (Lipinski definition) is 2. The molecule has 0 atom stereocenters. The van der Waals surface area contributed by atoms with Crippen LogP contribution in [0.4, 0.5) is 8.78 Å². The van der Waals surface area contributed by atoms with E-state index < -0.39 is 22.8 Å². The second-order valence-electron chi connectivity index (χ2n) is 29.2. The fourth-order valence-electron chi connectivity index (χ4n) is 12.5. The molecule has 0 spiro atoms. The van der Waals surface area contributed by atoms with Crippen molar-refractivity contribution < 1.29 is 27.0 Å². The molecule has 0 amide bonds. The highest BCUT2D eigenvalue weighted by atomic mass is 19.1. The zero-order chi connectivity index (χ0) is 60.7. The lowest BCUT2D eigenvalue weighted by atomic mass is 9.85. The van der Waals surface area contributed by atoms with Gasteiger partial charge in [0.25, 0.3) is 0 Å². The van der Waals surface area contributed by atoms with E-state index >= 15 is 8.78 Å². The van der Waals surface area contributed by atoms with Gasteiger partial charge in [-0.2, -0.15) is 0 Å².